The number of rotatable bonds is 6. The Hall–Kier alpha value is -3.81. The first-order chi connectivity index (χ1) is 16.8. The maximum Gasteiger partial charge on any atom is 0.410 e. The quantitative estimate of drug-likeness (QED) is 0.458. The zero-order chi connectivity index (χ0) is 24.8. The van der Waals surface area contributed by atoms with Crippen molar-refractivity contribution in [3.63, 3.8) is 0 Å². The van der Waals surface area contributed by atoms with Gasteiger partial charge in [-0.15, -0.1) is 0 Å². The number of nitrogens with one attached hydrogen (secondary N) is 2. The highest BCUT2D eigenvalue weighted by Gasteiger charge is 2.27. The molecule has 8 heteroatoms. The summed E-state index contributed by atoms with van der Waals surface area (Å²) in [5, 5.41) is 6.97. The minimum Gasteiger partial charge on any atom is -0.444 e. The van der Waals surface area contributed by atoms with E-state index in [1.807, 2.05) is 57.2 Å². The van der Waals surface area contributed by atoms with Crippen molar-refractivity contribution in [2.75, 3.05) is 29.5 Å². The first kappa shape index (κ1) is 24.3. The first-order valence-corrected chi connectivity index (χ1v) is 12.0. The average Bonchev–Trinajstić information content (AvgIpc) is 2.85. The molecule has 184 valence electrons. The first-order valence-electron chi connectivity index (χ1n) is 12.0. The van der Waals surface area contributed by atoms with Crippen LogP contribution < -0.4 is 16.4 Å². The SMILES string of the molecule is CC(C)(C)OC(=O)N1CCC(Nc2ncnc(NC(c3ccccc3)c3ccccc3)c2N)CC1. The number of likely N-dealkylation sites (tertiary alicyclic amines) is 1. The summed E-state index contributed by atoms with van der Waals surface area (Å²) in [6.45, 7) is 6.87. The molecule has 1 amide bonds. The Labute approximate surface area is 206 Å². The zero-order valence-electron chi connectivity index (χ0n) is 20.6. The molecule has 0 radical (unpaired) electrons. The van der Waals surface area contributed by atoms with Crippen LogP contribution in [-0.2, 0) is 4.74 Å². The summed E-state index contributed by atoms with van der Waals surface area (Å²) >= 11 is 0. The monoisotopic (exact) mass is 474 g/mol. The lowest BCUT2D eigenvalue weighted by molar-refractivity contribution is 0.0210. The molecule has 35 heavy (non-hydrogen) atoms. The third kappa shape index (κ3) is 6.41. The van der Waals surface area contributed by atoms with Gasteiger partial charge in [-0.2, -0.15) is 0 Å². The van der Waals surface area contributed by atoms with Crippen LogP contribution in [-0.4, -0.2) is 45.7 Å². The number of hydrogen-bond donors (Lipinski definition) is 3. The van der Waals surface area contributed by atoms with Crippen molar-refractivity contribution in [3.8, 4) is 0 Å². The molecule has 1 aliphatic rings. The summed E-state index contributed by atoms with van der Waals surface area (Å²) in [5.74, 6) is 1.17. The van der Waals surface area contributed by atoms with E-state index in [0.29, 0.717) is 30.4 Å². The van der Waals surface area contributed by atoms with Crippen LogP contribution in [0.4, 0.5) is 22.1 Å². The summed E-state index contributed by atoms with van der Waals surface area (Å²) in [7, 11) is 0. The lowest BCUT2D eigenvalue weighted by Gasteiger charge is -2.34. The Morgan fingerprint density at radius 1 is 0.971 bits per heavy atom. The molecular weight excluding hydrogens is 440 g/mol. The summed E-state index contributed by atoms with van der Waals surface area (Å²) in [6, 6.07) is 20.5. The van der Waals surface area contributed by atoms with Crippen molar-refractivity contribution in [1.82, 2.24) is 14.9 Å². The number of nitrogens with zero attached hydrogens (tertiary/aromatic N) is 3. The van der Waals surface area contributed by atoms with E-state index in [-0.39, 0.29) is 18.2 Å². The third-order valence-corrected chi connectivity index (χ3v) is 5.92. The van der Waals surface area contributed by atoms with Crippen molar-refractivity contribution in [2.24, 2.45) is 0 Å². The van der Waals surface area contributed by atoms with E-state index in [1.54, 1.807) is 4.90 Å². The Morgan fingerprint density at radius 3 is 2.06 bits per heavy atom. The van der Waals surface area contributed by atoms with Gasteiger partial charge in [0.25, 0.3) is 0 Å². The molecule has 8 nitrogen and oxygen atoms in total. The standard InChI is InChI=1S/C27H34N6O2/c1-27(2,3)35-26(34)33-16-14-21(15-17-33)31-24-22(28)25(30-18-29-24)32-23(19-10-6-4-7-11-19)20-12-8-5-9-13-20/h4-13,18,21,23H,14-17,28H2,1-3H3,(H2,29,30,31,32). The lowest BCUT2D eigenvalue weighted by Crippen LogP contribution is -2.44. The Bertz CT molecular complexity index is 1070. The number of nitrogen functional groups attached to an aromatic ring is 1. The number of carbonyl (C=O) groups excluding carboxylic acids is 1. The summed E-state index contributed by atoms with van der Waals surface area (Å²) in [4.78, 5) is 22.9. The molecule has 0 saturated carbocycles. The molecule has 1 aromatic heterocycles. The van der Waals surface area contributed by atoms with Gasteiger partial charge in [0.15, 0.2) is 11.6 Å². The van der Waals surface area contributed by atoms with Crippen LogP contribution in [0.15, 0.2) is 67.0 Å². The van der Waals surface area contributed by atoms with Crippen LogP contribution in [0.1, 0.15) is 50.8 Å². The number of carbonyl (C=O) groups is 1. The number of hydrogen-bond acceptors (Lipinski definition) is 7. The van der Waals surface area contributed by atoms with Crippen LogP contribution in [0.2, 0.25) is 0 Å². The largest absolute Gasteiger partial charge is 0.444 e. The summed E-state index contributed by atoms with van der Waals surface area (Å²) in [6.07, 6.45) is 2.81. The van der Waals surface area contributed by atoms with Gasteiger partial charge in [-0.3, -0.25) is 0 Å². The molecule has 2 aromatic carbocycles. The van der Waals surface area contributed by atoms with Crippen molar-refractivity contribution in [2.45, 2.75) is 51.3 Å². The van der Waals surface area contributed by atoms with Crippen LogP contribution in [0, 0.1) is 0 Å². The van der Waals surface area contributed by atoms with Crippen LogP contribution >= 0.6 is 0 Å². The fraction of sp³-hybridized carbons (Fsp3) is 0.370. The highest BCUT2D eigenvalue weighted by molar-refractivity contribution is 5.75. The van der Waals surface area contributed by atoms with E-state index in [1.165, 1.54) is 6.33 Å². The molecule has 1 fully saturated rings. The lowest BCUT2D eigenvalue weighted by atomic mass is 9.98. The number of aromatic nitrogens is 2. The number of amides is 1. The van der Waals surface area contributed by atoms with Gasteiger partial charge in [-0.25, -0.2) is 14.8 Å². The van der Waals surface area contributed by atoms with Gasteiger partial charge in [0.2, 0.25) is 0 Å². The van der Waals surface area contributed by atoms with Gasteiger partial charge in [0.05, 0.1) is 6.04 Å². The van der Waals surface area contributed by atoms with Gasteiger partial charge < -0.3 is 26.0 Å². The van der Waals surface area contributed by atoms with Crippen LogP contribution in [0.3, 0.4) is 0 Å². The molecule has 4 rings (SSSR count). The predicted octanol–water partition coefficient (Wildman–Crippen LogP) is 5.07. The molecule has 3 aromatic rings. The van der Waals surface area contributed by atoms with Crippen molar-refractivity contribution in [3.05, 3.63) is 78.1 Å². The van der Waals surface area contributed by atoms with Crippen LogP contribution in [0.25, 0.3) is 0 Å². The number of anilines is 3. The number of piperidine rings is 1. The van der Waals surface area contributed by atoms with E-state index in [9.17, 15) is 4.79 Å². The second-order valence-electron chi connectivity index (χ2n) is 9.77. The summed E-state index contributed by atoms with van der Waals surface area (Å²) < 4.78 is 5.49. The van der Waals surface area contributed by atoms with Gasteiger partial charge in [-0.05, 0) is 44.7 Å². The Balaban J connectivity index is 1.45. The average molecular weight is 475 g/mol. The fourth-order valence-electron chi connectivity index (χ4n) is 4.14. The minimum absolute atomic E-state index is 0.112. The van der Waals surface area contributed by atoms with Crippen molar-refractivity contribution >= 4 is 23.4 Å². The molecule has 2 heterocycles. The molecule has 1 saturated heterocycles. The van der Waals surface area contributed by atoms with Gasteiger partial charge >= 0.3 is 6.09 Å². The zero-order valence-corrected chi connectivity index (χ0v) is 20.6. The van der Waals surface area contributed by atoms with E-state index in [4.69, 9.17) is 10.5 Å². The van der Waals surface area contributed by atoms with Gasteiger partial charge in [0.1, 0.15) is 17.6 Å². The molecule has 0 atom stereocenters. The topological polar surface area (TPSA) is 105 Å². The maximum absolute atomic E-state index is 12.3. The highest BCUT2D eigenvalue weighted by Crippen LogP contribution is 2.31. The smallest absolute Gasteiger partial charge is 0.410 e. The number of benzene rings is 2. The van der Waals surface area contributed by atoms with E-state index in [2.05, 4.69) is 44.9 Å². The maximum atomic E-state index is 12.3. The molecule has 0 aliphatic carbocycles. The third-order valence-electron chi connectivity index (χ3n) is 5.92. The van der Waals surface area contributed by atoms with E-state index >= 15 is 0 Å². The van der Waals surface area contributed by atoms with Crippen LogP contribution in [0.5, 0.6) is 0 Å². The van der Waals surface area contributed by atoms with E-state index in [0.717, 1.165) is 24.0 Å². The van der Waals surface area contributed by atoms with Crippen molar-refractivity contribution < 1.29 is 9.53 Å². The second-order valence-corrected chi connectivity index (χ2v) is 9.77. The van der Waals surface area contributed by atoms with Gasteiger partial charge in [0, 0.05) is 19.1 Å². The molecule has 1 aliphatic heterocycles. The summed E-state index contributed by atoms with van der Waals surface area (Å²) in [5.41, 5.74) is 8.71. The van der Waals surface area contributed by atoms with E-state index < -0.39 is 5.60 Å². The highest BCUT2D eigenvalue weighted by atomic mass is 16.6. The van der Waals surface area contributed by atoms with Crippen molar-refractivity contribution in [1.29, 1.82) is 0 Å². The second kappa shape index (κ2) is 10.6. The fourth-order valence-corrected chi connectivity index (χ4v) is 4.14. The molecule has 0 bridgehead atoms. The molecule has 0 spiro atoms. The molecule has 0 unspecified atom stereocenters. The Kier molecular flexibility index (Phi) is 7.39. The Morgan fingerprint density at radius 2 is 1.51 bits per heavy atom. The van der Waals surface area contributed by atoms with Gasteiger partial charge in [-0.1, -0.05) is 60.7 Å². The normalized spacial score (nSPS) is 14.6. The number of nitrogens with two attached hydrogens (primary N) is 1. The number of ether oxygens (including phenoxy) is 1. The predicted molar refractivity (Wildman–Crippen MR) is 139 cm³/mol. The minimum atomic E-state index is -0.498. The molecular formula is C27H34N6O2. The molecule has 4 N–H and O–H groups in total.